The maximum absolute atomic E-state index is 12.7. The molecule has 1 aromatic rings. The van der Waals surface area contributed by atoms with Crippen molar-refractivity contribution in [1.29, 1.82) is 0 Å². The largest absolute Gasteiger partial charge is 0.507 e. The molecule has 104 valence electrons. The Morgan fingerprint density at radius 1 is 1.21 bits per heavy atom. The van der Waals surface area contributed by atoms with Crippen LogP contribution in [0.25, 0.3) is 0 Å². The molecule has 0 aliphatic heterocycles. The number of carbonyl (C=O) groups excluding carboxylic acids is 1. The third-order valence-corrected chi connectivity index (χ3v) is 2.56. The lowest BCUT2D eigenvalue weighted by molar-refractivity contribution is -0.137. The highest BCUT2D eigenvalue weighted by molar-refractivity contribution is 5.96. The van der Waals surface area contributed by atoms with Crippen LogP contribution in [0, 0.1) is 5.82 Å². The SMILES string of the molecule is O=C(O)CCCCCNC(=O)c1ccc(F)cc1O. The van der Waals surface area contributed by atoms with E-state index in [4.69, 9.17) is 5.11 Å². The van der Waals surface area contributed by atoms with Gasteiger partial charge in [0, 0.05) is 19.0 Å². The van der Waals surface area contributed by atoms with Crippen molar-refractivity contribution in [2.75, 3.05) is 6.54 Å². The summed E-state index contributed by atoms with van der Waals surface area (Å²) >= 11 is 0. The fourth-order valence-electron chi connectivity index (χ4n) is 1.57. The van der Waals surface area contributed by atoms with E-state index in [1.165, 1.54) is 6.07 Å². The number of phenolic OH excluding ortho intramolecular Hbond substituents is 1. The number of benzene rings is 1. The summed E-state index contributed by atoms with van der Waals surface area (Å²) in [5.41, 5.74) is 0.0203. The van der Waals surface area contributed by atoms with Crippen molar-refractivity contribution in [3.8, 4) is 5.75 Å². The fraction of sp³-hybridized carbons (Fsp3) is 0.385. The van der Waals surface area contributed by atoms with E-state index in [1.807, 2.05) is 0 Å². The van der Waals surface area contributed by atoms with Gasteiger partial charge in [-0.2, -0.15) is 0 Å². The molecule has 6 heteroatoms. The molecule has 0 aliphatic rings. The zero-order valence-electron chi connectivity index (χ0n) is 10.4. The first-order valence-corrected chi connectivity index (χ1v) is 5.99. The van der Waals surface area contributed by atoms with Gasteiger partial charge < -0.3 is 15.5 Å². The molecule has 0 bridgehead atoms. The molecule has 19 heavy (non-hydrogen) atoms. The van der Waals surface area contributed by atoms with E-state index in [1.54, 1.807) is 0 Å². The zero-order chi connectivity index (χ0) is 14.3. The van der Waals surface area contributed by atoms with Gasteiger partial charge in [-0.3, -0.25) is 9.59 Å². The lowest BCUT2D eigenvalue weighted by Crippen LogP contribution is -2.24. The molecular formula is C13H16FNO4. The van der Waals surface area contributed by atoms with Crippen LogP contribution in [0.3, 0.4) is 0 Å². The third kappa shape index (κ3) is 5.37. The van der Waals surface area contributed by atoms with Gasteiger partial charge in [-0.25, -0.2) is 4.39 Å². The van der Waals surface area contributed by atoms with Crippen LogP contribution in [-0.4, -0.2) is 28.6 Å². The Labute approximate surface area is 110 Å². The maximum Gasteiger partial charge on any atom is 0.303 e. The topological polar surface area (TPSA) is 86.6 Å². The van der Waals surface area contributed by atoms with Crippen LogP contribution in [0.2, 0.25) is 0 Å². The van der Waals surface area contributed by atoms with E-state index < -0.39 is 23.4 Å². The molecule has 1 amide bonds. The average Bonchev–Trinajstić information content (AvgIpc) is 2.32. The number of unbranched alkanes of at least 4 members (excludes halogenated alkanes) is 2. The summed E-state index contributed by atoms with van der Waals surface area (Å²) in [6.45, 7) is 0.384. The van der Waals surface area contributed by atoms with Crippen molar-refractivity contribution in [3.05, 3.63) is 29.6 Å². The number of amides is 1. The number of carbonyl (C=O) groups is 2. The molecule has 5 nitrogen and oxygen atoms in total. The Kier molecular flexibility index (Phi) is 5.78. The highest BCUT2D eigenvalue weighted by Gasteiger charge is 2.10. The number of carboxylic acids is 1. The van der Waals surface area contributed by atoms with Crippen LogP contribution >= 0.6 is 0 Å². The van der Waals surface area contributed by atoms with Gasteiger partial charge in [-0.05, 0) is 25.0 Å². The van der Waals surface area contributed by atoms with E-state index in [-0.39, 0.29) is 12.0 Å². The van der Waals surface area contributed by atoms with Crippen molar-refractivity contribution < 1.29 is 24.2 Å². The summed E-state index contributed by atoms with van der Waals surface area (Å²) in [5, 5.41) is 20.4. The van der Waals surface area contributed by atoms with Crippen LogP contribution in [0.5, 0.6) is 5.75 Å². The Morgan fingerprint density at radius 2 is 1.95 bits per heavy atom. The Bertz CT molecular complexity index is 462. The normalized spacial score (nSPS) is 10.2. The van der Waals surface area contributed by atoms with Gasteiger partial charge in [-0.1, -0.05) is 6.42 Å². The van der Waals surface area contributed by atoms with Crippen LogP contribution in [0.15, 0.2) is 18.2 Å². The standard InChI is InChI=1S/C13H16FNO4/c14-9-5-6-10(11(16)8-9)13(19)15-7-3-1-2-4-12(17)18/h5-6,8,16H,1-4,7H2,(H,15,19)(H,17,18). The van der Waals surface area contributed by atoms with E-state index in [2.05, 4.69) is 5.32 Å². The van der Waals surface area contributed by atoms with E-state index >= 15 is 0 Å². The second-order valence-electron chi connectivity index (χ2n) is 4.12. The van der Waals surface area contributed by atoms with Crippen molar-refractivity contribution in [2.45, 2.75) is 25.7 Å². The number of aliphatic carboxylic acids is 1. The number of nitrogens with one attached hydrogen (secondary N) is 1. The van der Waals surface area contributed by atoms with Crippen molar-refractivity contribution in [2.24, 2.45) is 0 Å². The van der Waals surface area contributed by atoms with Crippen LogP contribution in [-0.2, 0) is 4.79 Å². The molecule has 1 rings (SSSR count). The van der Waals surface area contributed by atoms with Crippen molar-refractivity contribution in [1.82, 2.24) is 5.32 Å². The minimum Gasteiger partial charge on any atom is -0.507 e. The van der Waals surface area contributed by atoms with Gasteiger partial charge in [0.05, 0.1) is 5.56 Å². The summed E-state index contributed by atoms with van der Waals surface area (Å²) in [7, 11) is 0. The lowest BCUT2D eigenvalue weighted by Gasteiger charge is -2.06. The molecule has 0 saturated carbocycles. The zero-order valence-corrected chi connectivity index (χ0v) is 10.4. The summed E-state index contributed by atoms with van der Waals surface area (Å²) in [5.74, 6) is -2.32. The van der Waals surface area contributed by atoms with Gasteiger partial charge in [0.25, 0.3) is 5.91 Å². The number of hydrogen-bond acceptors (Lipinski definition) is 3. The number of hydrogen-bond donors (Lipinski definition) is 3. The van der Waals surface area contributed by atoms with Gasteiger partial charge in [0.2, 0.25) is 0 Å². The molecule has 1 aromatic carbocycles. The van der Waals surface area contributed by atoms with Gasteiger partial charge in [0.1, 0.15) is 11.6 Å². The molecule has 0 radical (unpaired) electrons. The number of carboxylic acid groups (broad SMARTS) is 1. The highest BCUT2D eigenvalue weighted by Crippen LogP contribution is 2.17. The quantitative estimate of drug-likeness (QED) is 0.660. The molecule has 0 aliphatic carbocycles. The minimum atomic E-state index is -0.833. The second-order valence-corrected chi connectivity index (χ2v) is 4.12. The number of aromatic hydroxyl groups is 1. The molecule has 0 saturated heterocycles. The molecule has 0 fully saturated rings. The fourth-order valence-corrected chi connectivity index (χ4v) is 1.57. The first kappa shape index (κ1) is 14.9. The van der Waals surface area contributed by atoms with E-state index in [0.717, 1.165) is 12.1 Å². The highest BCUT2D eigenvalue weighted by atomic mass is 19.1. The Morgan fingerprint density at radius 3 is 2.58 bits per heavy atom. The van der Waals surface area contributed by atoms with E-state index in [0.29, 0.717) is 25.8 Å². The van der Waals surface area contributed by atoms with Crippen molar-refractivity contribution >= 4 is 11.9 Å². The predicted molar refractivity (Wildman–Crippen MR) is 66.5 cm³/mol. The number of phenols is 1. The summed E-state index contributed by atoms with van der Waals surface area (Å²) in [6, 6.07) is 3.19. The monoisotopic (exact) mass is 269 g/mol. The summed E-state index contributed by atoms with van der Waals surface area (Å²) < 4.78 is 12.7. The number of halogens is 1. The average molecular weight is 269 g/mol. The van der Waals surface area contributed by atoms with Crippen LogP contribution in [0.4, 0.5) is 4.39 Å². The van der Waals surface area contributed by atoms with Gasteiger partial charge >= 0.3 is 5.97 Å². The molecule has 3 N–H and O–H groups in total. The number of rotatable bonds is 7. The van der Waals surface area contributed by atoms with Crippen LogP contribution in [0.1, 0.15) is 36.0 Å². The molecule has 0 spiro atoms. The van der Waals surface area contributed by atoms with Crippen LogP contribution < -0.4 is 5.32 Å². The molecule has 0 atom stereocenters. The third-order valence-electron chi connectivity index (χ3n) is 2.56. The molecular weight excluding hydrogens is 253 g/mol. The van der Waals surface area contributed by atoms with Gasteiger partial charge in [0.15, 0.2) is 0 Å². The minimum absolute atomic E-state index is 0.0203. The summed E-state index contributed by atoms with van der Waals surface area (Å²) in [6.07, 6.45) is 2.03. The smallest absolute Gasteiger partial charge is 0.303 e. The first-order chi connectivity index (χ1) is 9.00. The molecule has 0 unspecified atom stereocenters. The predicted octanol–water partition coefficient (Wildman–Crippen LogP) is 1.91. The van der Waals surface area contributed by atoms with Crippen molar-refractivity contribution in [3.63, 3.8) is 0 Å². The maximum atomic E-state index is 12.7. The molecule has 0 heterocycles. The summed E-state index contributed by atoms with van der Waals surface area (Å²) in [4.78, 5) is 21.9. The Hall–Kier alpha value is -2.11. The Balaban J connectivity index is 2.29. The van der Waals surface area contributed by atoms with Gasteiger partial charge in [-0.15, -0.1) is 0 Å². The first-order valence-electron chi connectivity index (χ1n) is 5.99. The second kappa shape index (κ2) is 7.35. The lowest BCUT2D eigenvalue weighted by atomic mass is 10.1. The van der Waals surface area contributed by atoms with E-state index in [9.17, 15) is 19.1 Å². The molecule has 0 aromatic heterocycles.